The van der Waals surface area contributed by atoms with Gasteiger partial charge >= 0.3 is 0 Å². The van der Waals surface area contributed by atoms with Gasteiger partial charge in [0.2, 0.25) is 0 Å². The van der Waals surface area contributed by atoms with Crippen LogP contribution in [-0.4, -0.2) is 46.5 Å². The van der Waals surface area contributed by atoms with E-state index in [0.717, 1.165) is 30.2 Å². The molecule has 2 aromatic rings. The van der Waals surface area contributed by atoms with Crippen molar-refractivity contribution in [3.63, 3.8) is 0 Å². The van der Waals surface area contributed by atoms with Crippen molar-refractivity contribution in [2.45, 2.75) is 12.6 Å². The van der Waals surface area contributed by atoms with E-state index < -0.39 is 0 Å². The van der Waals surface area contributed by atoms with Crippen LogP contribution in [0.5, 0.6) is 5.75 Å². The molecule has 7 nitrogen and oxygen atoms in total. The van der Waals surface area contributed by atoms with E-state index in [9.17, 15) is 0 Å². The maximum atomic E-state index is 9.09. The molecule has 1 atom stereocenters. The van der Waals surface area contributed by atoms with Crippen LogP contribution < -0.4 is 4.74 Å². The first-order chi connectivity index (χ1) is 11.2. The van der Waals surface area contributed by atoms with Gasteiger partial charge in [0.25, 0.3) is 0 Å². The first-order valence-electron chi connectivity index (χ1n) is 7.46. The Labute approximate surface area is 135 Å². The molecule has 1 fully saturated rings. The molecular weight excluding hydrogens is 294 g/mol. The largest absolute Gasteiger partial charge is 0.496 e. The highest BCUT2D eigenvalue weighted by Crippen LogP contribution is 2.25. The standard InChI is InChI=1S/C16H19N5O2/c1-20-11-18-19-16(20)15-10-21(5-6-23-15)9-13-7-12(8-17)3-4-14(13)22-2/h3-4,7,11,15H,5-6,9-10H2,1-2H3/t15-/m0/s1. The quantitative estimate of drug-likeness (QED) is 0.846. The fraction of sp³-hybridized carbons (Fsp3) is 0.438. The van der Waals surface area contributed by atoms with Gasteiger partial charge in [0, 0.05) is 32.2 Å². The Morgan fingerprint density at radius 2 is 2.35 bits per heavy atom. The zero-order valence-electron chi connectivity index (χ0n) is 13.3. The Hall–Kier alpha value is -2.43. The van der Waals surface area contributed by atoms with Gasteiger partial charge < -0.3 is 14.0 Å². The normalized spacial score (nSPS) is 18.6. The van der Waals surface area contributed by atoms with Crippen LogP contribution in [0.15, 0.2) is 24.5 Å². The molecule has 0 saturated carbocycles. The molecule has 1 saturated heterocycles. The second-order valence-electron chi connectivity index (χ2n) is 5.53. The Kier molecular flexibility index (Phi) is 4.55. The van der Waals surface area contributed by atoms with E-state index in [1.165, 1.54) is 0 Å². The van der Waals surface area contributed by atoms with Crippen molar-refractivity contribution in [1.82, 2.24) is 19.7 Å². The fourth-order valence-corrected chi connectivity index (χ4v) is 2.80. The first kappa shape index (κ1) is 15.5. The molecule has 0 unspecified atom stereocenters. The average molecular weight is 313 g/mol. The van der Waals surface area contributed by atoms with E-state index in [2.05, 4.69) is 21.2 Å². The number of ether oxygens (including phenoxy) is 2. The van der Waals surface area contributed by atoms with Gasteiger partial charge in [-0.15, -0.1) is 10.2 Å². The predicted octanol–water partition coefficient (Wildman–Crippen LogP) is 1.27. The zero-order chi connectivity index (χ0) is 16.2. The van der Waals surface area contributed by atoms with E-state index >= 15 is 0 Å². The highest BCUT2D eigenvalue weighted by molar-refractivity contribution is 5.42. The first-order valence-corrected chi connectivity index (χ1v) is 7.46. The molecule has 0 amide bonds. The molecule has 120 valence electrons. The molecule has 3 rings (SSSR count). The lowest BCUT2D eigenvalue weighted by molar-refractivity contribution is -0.0387. The molecule has 0 N–H and O–H groups in total. The lowest BCUT2D eigenvalue weighted by Crippen LogP contribution is -2.38. The number of aryl methyl sites for hydroxylation is 1. The minimum Gasteiger partial charge on any atom is -0.496 e. The van der Waals surface area contributed by atoms with Gasteiger partial charge in [0.05, 0.1) is 25.3 Å². The lowest BCUT2D eigenvalue weighted by Gasteiger charge is -2.32. The van der Waals surface area contributed by atoms with Gasteiger partial charge in [0.1, 0.15) is 18.2 Å². The second kappa shape index (κ2) is 6.77. The van der Waals surface area contributed by atoms with Gasteiger partial charge in [-0.2, -0.15) is 5.26 Å². The van der Waals surface area contributed by atoms with Crippen LogP contribution in [0.2, 0.25) is 0 Å². The van der Waals surface area contributed by atoms with Crippen molar-refractivity contribution in [3.8, 4) is 11.8 Å². The Morgan fingerprint density at radius 1 is 1.48 bits per heavy atom. The summed E-state index contributed by atoms with van der Waals surface area (Å²) in [5.41, 5.74) is 1.64. The van der Waals surface area contributed by atoms with Gasteiger partial charge in [-0.1, -0.05) is 0 Å². The Morgan fingerprint density at radius 3 is 3.04 bits per heavy atom. The third-order valence-electron chi connectivity index (χ3n) is 3.99. The molecule has 0 bridgehead atoms. The van der Waals surface area contributed by atoms with Crippen LogP contribution in [0.4, 0.5) is 0 Å². The molecule has 1 aromatic heterocycles. The molecule has 1 aromatic carbocycles. The number of hydrogen-bond acceptors (Lipinski definition) is 6. The smallest absolute Gasteiger partial charge is 0.163 e. The summed E-state index contributed by atoms with van der Waals surface area (Å²) in [6.07, 6.45) is 1.58. The van der Waals surface area contributed by atoms with E-state index in [-0.39, 0.29) is 6.10 Å². The van der Waals surface area contributed by atoms with Gasteiger partial charge in [-0.05, 0) is 18.2 Å². The van der Waals surface area contributed by atoms with Crippen LogP contribution >= 0.6 is 0 Å². The summed E-state index contributed by atoms with van der Waals surface area (Å²) in [4.78, 5) is 2.28. The van der Waals surface area contributed by atoms with Crippen LogP contribution in [-0.2, 0) is 18.3 Å². The summed E-state index contributed by atoms with van der Waals surface area (Å²) >= 11 is 0. The third kappa shape index (κ3) is 3.33. The summed E-state index contributed by atoms with van der Waals surface area (Å²) < 4.78 is 13.1. The molecule has 1 aliphatic rings. The summed E-state index contributed by atoms with van der Waals surface area (Å²) in [6, 6.07) is 7.66. The third-order valence-corrected chi connectivity index (χ3v) is 3.99. The van der Waals surface area contributed by atoms with Crippen LogP contribution in [0, 0.1) is 11.3 Å². The van der Waals surface area contributed by atoms with Crippen LogP contribution in [0.3, 0.4) is 0 Å². The van der Waals surface area contributed by atoms with Crippen molar-refractivity contribution >= 4 is 0 Å². The summed E-state index contributed by atoms with van der Waals surface area (Å²) in [5, 5.41) is 17.1. The number of nitrogens with zero attached hydrogens (tertiary/aromatic N) is 5. The molecule has 7 heteroatoms. The Bertz CT molecular complexity index is 722. The molecule has 0 radical (unpaired) electrons. The predicted molar refractivity (Wildman–Crippen MR) is 82.7 cm³/mol. The molecular formula is C16H19N5O2. The molecule has 23 heavy (non-hydrogen) atoms. The SMILES string of the molecule is COc1ccc(C#N)cc1CN1CCO[C@H](c2nncn2C)C1. The number of aromatic nitrogens is 3. The maximum Gasteiger partial charge on any atom is 0.163 e. The molecule has 2 heterocycles. The Balaban J connectivity index is 1.75. The summed E-state index contributed by atoms with van der Waals surface area (Å²) in [5.74, 6) is 1.62. The van der Waals surface area contributed by atoms with E-state index in [0.29, 0.717) is 18.7 Å². The molecule has 0 spiro atoms. The molecule has 1 aliphatic heterocycles. The number of methoxy groups -OCH3 is 1. The maximum absolute atomic E-state index is 9.09. The lowest BCUT2D eigenvalue weighted by atomic mass is 10.1. The van der Waals surface area contributed by atoms with Crippen LogP contribution in [0.1, 0.15) is 23.1 Å². The zero-order valence-corrected chi connectivity index (χ0v) is 13.3. The highest BCUT2D eigenvalue weighted by atomic mass is 16.5. The summed E-state index contributed by atoms with van der Waals surface area (Å²) in [6.45, 7) is 2.90. The van der Waals surface area contributed by atoms with Crippen molar-refractivity contribution in [3.05, 3.63) is 41.5 Å². The number of nitriles is 1. The van der Waals surface area contributed by atoms with Gasteiger partial charge in [-0.25, -0.2) is 0 Å². The fourth-order valence-electron chi connectivity index (χ4n) is 2.80. The number of hydrogen-bond donors (Lipinski definition) is 0. The molecule has 0 aliphatic carbocycles. The van der Waals surface area contributed by atoms with Crippen molar-refractivity contribution in [2.75, 3.05) is 26.8 Å². The van der Waals surface area contributed by atoms with E-state index in [4.69, 9.17) is 14.7 Å². The average Bonchev–Trinajstić information content (AvgIpc) is 3.01. The number of benzene rings is 1. The van der Waals surface area contributed by atoms with Crippen molar-refractivity contribution in [1.29, 1.82) is 5.26 Å². The van der Waals surface area contributed by atoms with E-state index in [1.54, 1.807) is 19.5 Å². The van der Waals surface area contributed by atoms with Gasteiger partial charge in [-0.3, -0.25) is 4.90 Å². The summed E-state index contributed by atoms with van der Waals surface area (Å²) in [7, 11) is 3.56. The topological polar surface area (TPSA) is 76.2 Å². The monoisotopic (exact) mass is 313 g/mol. The van der Waals surface area contributed by atoms with Crippen LogP contribution in [0.25, 0.3) is 0 Å². The highest BCUT2D eigenvalue weighted by Gasteiger charge is 2.26. The minimum atomic E-state index is -0.0959. The minimum absolute atomic E-state index is 0.0959. The number of morpholine rings is 1. The van der Waals surface area contributed by atoms with Crippen molar-refractivity contribution in [2.24, 2.45) is 7.05 Å². The number of rotatable bonds is 4. The second-order valence-corrected chi connectivity index (χ2v) is 5.53. The van der Waals surface area contributed by atoms with Crippen molar-refractivity contribution < 1.29 is 9.47 Å². The van der Waals surface area contributed by atoms with E-state index in [1.807, 2.05) is 23.7 Å². The van der Waals surface area contributed by atoms with Gasteiger partial charge in [0.15, 0.2) is 5.82 Å².